The third-order valence-corrected chi connectivity index (χ3v) is 5.02. The van der Waals surface area contributed by atoms with Crippen LogP contribution in [0.1, 0.15) is 5.56 Å². The molecule has 1 saturated heterocycles. The van der Waals surface area contributed by atoms with Crippen molar-refractivity contribution in [2.75, 3.05) is 51.3 Å². The number of nitrogens with zero attached hydrogens (tertiary/aromatic N) is 1. The summed E-state index contributed by atoms with van der Waals surface area (Å²) in [5, 5.41) is 10.3. The van der Waals surface area contributed by atoms with Gasteiger partial charge in [-0.25, -0.2) is 0 Å². The lowest BCUT2D eigenvalue weighted by Gasteiger charge is -2.34. The van der Waals surface area contributed by atoms with Gasteiger partial charge in [-0.3, -0.25) is 0 Å². The molecule has 0 aromatic heterocycles. The maximum absolute atomic E-state index is 12.9. The highest BCUT2D eigenvalue weighted by Gasteiger charge is 2.31. The highest BCUT2D eigenvalue weighted by atomic mass is 19.4. The third kappa shape index (κ3) is 6.01. The van der Waals surface area contributed by atoms with Gasteiger partial charge in [-0.1, -0.05) is 12.1 Å². The molecule has 2 N–H and O–H groups in total. The van der Waals surface area contributed by atoms with Gasteiger partial charge in [0, 0.05) is 11.8 Å². The predicted molar refractivity (Wildman–Crippen MR) is 104 cm³/mol. The lowest BCUT2D eigenvalue weighted by molar-refractivity contribution is -0.903. The Labute approximate surface area is 168 Å². The molecule has 0 aliphatic carbocycles. The van der Waals surface area contributed by atoms with Crippen molar-refractivity contribution in [3.05, 3.63) is 54.1 Å². The van der Waals surface area contributed by atoms with Crippen LogP contribution in [0.2, 0.25) is 0 Å². The van der Waals surface area contributed by atoms with Crippen LogP contribution in [0.25, 0.3) is 0 Å². The van der Waals surface area contributed by atoms with Crippen molar-refractivity contribution >= 4 is 5.69 Å². The molecule has 1 heterocycles. The topological polar surface area (TPSA) is 46.4 Å². The van der Waals surface area contributed by atoms with Crippen LogP contribution >= 0.6 is 0 Å². The summed E-state index contributed by atoms with van der Waals surface area (Å²) in [6.07, 6.45) is -4.97. The van der Waals surface area contributed by atoms with E-state index in [2.05, 4.69) is 0 Å². The molecule has 1 fully saturated rings. The number of aliphatic hydroxyl groups excluding tert-OH is 1. The molecule has 2 aromatic rings. The summed E-state index contributed by atoms with van der Waals surface area (Å²) in [7, 11) is 1.58. The van der Waals surface area contributed by atoms with E-state index in [1.165, 1.54) is 17.0 Å². The van der Waals surface area contributed by atoms with Gasteiger partial charge in [0.25, 0.3) is 0 Å². The second-order valence-electron chi connectivity index (χ2n) is 7.13. The van der Waals surface area contributed by atoms with Crippen LogP contribution in [0.3, 0.4) is 0 Å². The summed E-state index contributed by atoms with van der Waals surface area (Å²) in [5.41, 5.74) is -0.0457. The van der Waals surface area contributed by atoms with E-state index in [-0.39, 0.29) is 6.61 Å². The average Bonchev–Trinajstić information content (AvgIpc) is 2.72. The Morgan fingerprint density at radius 2 is 1.76 bits per heavy atom. The van der Waals surface area contributed by atoms with Crippen molar-refractivity contribution in [1.82, 2.24) is 0 Å². The van der Waals surface area contributed by atoms with Crippen LogP contribution in [0.4, 0.5) is 18.9 Å². The van der Waals surface area contributed by atoms with E-state index in [9.17, 15) is 18.3 Å². The predicted octanol–water partition coefficient (Wildman–Crippen LogP) is 1.86. The minimum Gasteiger partial charge on any atom is -0.497 e. The van der Waals surface area contributed by atoms with Gasteiger partial charge in [0.1, 0.15) is 30.8 Å². The number of piperazine rings is 1. The zero-order chi connectivity index (χ0) is 20.9. The van der Waals surface area contributed by atoms with E-state index in [0.29, 0.717) is 36.8 Å². The Morgan fingerprint density at radius 3 is 2.45 bits per heavy atom. The summed E-state index contributed by atoms with van der Waals surface area (Å²) in [6.45, 7) is 3.47. The van der Waals surface area contributed by atoms with Crippen molar-refractivity contribution in [3.63, 3.8) is 0 Å². The van der Waals surface area contributed by atoms with Crippen LogP contribution in [-0.2, 0) is 6.18 Å². The first-order chi connectivity index (χ1) is 13.8. The molecule has 0 unspecified atom stereocenters. The zero-order valence-electron chi connectivity index (χ0n) is 16.3. The van der Waals surface area contributed by atoms with Gasteiger partial charge in [0.05, 0.1) is 38.9 Å². The quantitative estimate of drug-likeness (QED) is 0.730. The Bertz CT molecular complexity index is 793. The number of hydrogen-bond acceptors (Lipinski definition) is 4. The van der Waals surface area contributed by atoms with Crippen molar-refractivity contribution in [3.8, 4) is 11.5 Å². The van der Waals surface area contributed by atoms with Gasteiger partial charge in [-0.05, 0) is 30.3 Å². The maximum atomic E-state index is 12.9. The lowest BCUT2D eigenvalue weighted by Crippen LogP contribution is -3.16. The number of aliphatic hydroxyl groups is 1. The first kappa shape index (κ1) is 21.3. The summed E-state index contributed by atoms with van der Waals surface area (Å²) < 4.78 is 49.5. The fourth-order valence-corrected chi connectivity index (χ4v) is 3.44. The Balaban J connectivity index is 1.46. The van der Waals surface area contributed by atoms with Gasteiger partial charge in [-0.2, -0.15) is 13.2 Å². The number of quaternary nitrogens is 1. The van der Waals surface area contributed by atoms with E-state index in [4.69, 9.17) is 9.47 Å². The normalized spacial score (nSPS) is 16.5. The number of rotatable bonds is 7. The van der Waals surface area contributed by atoms with Gasteiger partial charge >= 0.3 is 6.18 Å². The molecule has 0 radical (unpaired) electrons. The second-order valence-corrected chi connectivity index (χ2v) is 7.13. The van der Waals surface area contributed by atoms with E-state index < -0.39 is 17.8 Å². The first-order valence-corrected chi connectivity index (χ1v) is 9.56. The summed E-state index contributed by atoms with van der Waals surface area (Å²) in [6, 6.07) is 12.6. The molecule has 3 rings (SSSR count). The monoisotopic (exact) mass is 411 g/mol. The van der Waals surface area contributed by atoms with Gasteiger partial charge in [0.15, 0.2) is 0 Å². The molecule has 2 aromatic carbocycles. The fourth-order valence-electron chi connectivity index (χ4n) is 3.44. The van der Waals surface area contributed by atoms with Crippen molar-refractivity contribution in [2.24, 2.45) is 0 Å². The first-order valence-electron chi connectivity index (χ1n) is 9.56. The fraction of sp³-hybridized carbons (Fsp3) is 0.429. The molecule has 0 bridgehead atoms. The van der Waals surface area contributed by atoms with Crippen molar-refractivity contribution < 1.29 is 32.7 Å². The molecule has 29 heavy (non-hydrogen) atoms. The third-order valence-electron chi connectivity index (χ3n) is 5.02. The van der Waals surface area contributed by atoms with E-state index in [1.54, 1.807) is 25.3 Å². The molecule has 158 valence electrons. The SMILES string of the molecule is COc1cccc(OC[C@@H](O)C[NH+]2CCN(c3cccc(C(F)(F)F)c3)CC2)c1. The summed E-state index contributed by atoms with van der Waals surface area (Å²) in [4.78, 5) is 3.16. The van der Waals surface area contributed by atoms with E-state index in [1.807, 2.05) is 17.0 Å². The van der Waals surface area contributed by atoms with Crippen LogP contribution in [0.5, 0.6) is 11.5 Å². The number of hydrogen-bond donors (Lipinski definition) is 2. The Kier molecular flexibility index (Phi) is 6.87. The summed E-state index contributed by atoms with van der Waals surface area (Å²) >= 11 is 0. The highest BCUT2D eigenvalue weighted by molar-refractivity contribution is 5.49. The standard InChI is InChI=1S/C21H25F3N2O3/c1-28-19-6-3-7-20(13-19)29-15-18(27)14-25-8-10-26(11-9-25)17-5-2-4-16(12-17)21(22,23)24/h2-7,12-13,18,27H,8-11,14-15H2,1H3/p+1/t18-/m0/s1. The van der Waals surface area contributed by atoms with Gasteiger partial charge in [-0.15, -0.1) is 0 Å². The second kappa shape index (κ2) is 9.37. The minimum atomic E-state index is -4.34. The molecule has 1 atom stereocenters. The minimum absolute atomic E-state index is 0.175. The van der Waals surface area contributed by atoms with Crippen molar-refractivity contribution in [2.45, 2.75) is 12.3 Å². The van der Waals surface area contributed by atoms with E-state index >= 15 is 0 Å². The number of anilines is 1. The van der Waals surface area contributed by atoms with Gasteiger partial charge in [0.2, 0.25) is 0 Å². The molecular formula is C21H26F3N2O3+. The highest BCUT2D eigenvalue weighted by Crippen LogP contribution is 2.31. The number of nitrogens with one attached hydrogen (secondary N) is 1. The molecule has 8 heteroatoms. The summed E-state index contributed by atoms with van der Waals surface area (Å²) in [5.74, 6) is 1.32. The Hall–Kier alpha value is -2.45. The van der Waals surface area contributed by atoms with Crippen LogP contribution in [-0.4, -0.2) is 57.7 Å². The number of benzene rings is 2. The number of ether oxygens (including phenoxy) is 2. The smallest absolute Gasteiger partial charge is 0.416 e. The lowest BCUT2D eigenvalue weighted by atomic mass is 10.1. The molecule has 5 nitrogen and oxygen atoms in total. The zero-order valence-corrected chi connectivity index (χ0v) is 16.3. The maximum Gasteiger partial charge on any atom is 0.416 e. The average molecular weight is 411 g/mol. The van der Waals surface area contributed by atoms with E-state index in [0.717, 1.165) is 19.2 Å². The molecule has 1 aliphatic rings. The number of alkyl halides is 3. The van der Waals surface area contributed by atoms with Crippen molar-refractivity contribution in [1.29, 1.82) is 0 Å². The molecule has 0 saturated carbocycles. The van der Waals surface area contributed by atoms with Crippen LogP contribution in [0.15, 0.2) is 48.5 Å². The number of methoxy groups -OCH3 is 1. The largest absolute Gasteiger partial charge is 0.497 e. The molecular weight excluding hydrogens is 385 g/mol. The van der Waals surface area contributed by atoms with Gasteiger partial charge < -0.3 is 24.4 Å². The molecule has 0 spiro atoms. The number of halogens is 3. The molecule has 0 amide bonds. The van der Waals surface area contributed by atoms with Crippen LogP contribution < -0.4 is 19.3 Å². The van der Waals surface area contributed by atoms with Crippen LogP contribution in [0, 0.1) is 0 Å². The molecule has 1 aliphatic heterocycles. The Morgan fingerprint density at radius 1 is 1.07 bits per heavy atom.